The standard InChI is InChI=1S/C14H25I3N3O2/c1-9-3-4-10(13(18)11(7-9)14(2,19)20)12-5-6-17(22-12)15-8-16-21/h3-4,7,9-10,12-13H,5-6,8,18-20H2,1-2H3/q-1/t9-,10-,12?,13?/m1/s1. The molecular formula is C14H25I3N3O2-. The minimum atomic E-state index is -1.26. The van der Waals surface area contributed by atoms with Gasteiger partial charge in [-0.25, -0.2) is 0 Å². The van der Waals surface area contributed by atoms with Crippen LogP contribution in [-0.2, 0) is 6.14 Å². The molecule has 0 radical (unpaired) electrons. The third-order valence-corrected chi connectivity index (χ3v) is 28.8. The zero-order valence-electron chi connectivity index (χ0n) is 12.8. The van der Waals surface area contributed by atoms with E-state index >= 15 is 0 Å². The number of hydrogen-bond donors (Lipinski definition) is 3. The molecule has 0 aromatic rings. The summed E-state index contributed by atoms with van der Waals surface area (Å²) in [7, 11) is 0. The fraction of sp³-hybridized carbons (Fsp3) is 0.714. The van der Waals surface area contributed by atoms with Crippen LogP contribution in [0.25, 0.3) is 0 Å². The van der Waals surface area contributed by atoms with E-state index in [-0.39, 0.29) is 41.2 Å². The van der Waals surface area contributed by atoms with Gasteiger partial charge in [-0.05, 0) is 0 Å². The quantitative estimate of drug-likeness (QED) is 0.157. The van der Waals surface area contributed by atoms with Gasteiger partial charge in [0, 0.05) is 0 Å². The molecule has 0 aromatic carbocycles. The van der Waals surface area contributed by atoms with Crippen LogP contribution >= 0.6 is 37.5 Å². The van der Waals surface area contributed by atoms with Gasteiger partial charge < -0.3 is 0 Å². The van der Waals surface area contributed by atoms with Crippen LogP contribution in [0.4, 0.5) is 0 Å². The Labute approximate surface area is 157 Å². The molecular weight excluding hydrogens is 623 g/mol. The Morgan fingerprint density at radius 1 is 1.50 bits per heavy atom. The molecule has 6 N–H and O–H groups in total. The van der Waals surface area contributed by atoms with Gasteiger partial charge >= 0.3 is 159 Å². The minimum absolute atomic E-state index is 0.0486. The first-order valence-electron chi connectivity index (χ1n) is 7.21. The molecule has 0 spiro atoms. The first-order valence-corrected chi connectivity index (χ1v) is 19.8. The Morgan fingerprint density at radius 3 is 2.86 bits per heavy atom. The maximum absolute atomic E-state index is 10.8. The summed E-state index contributed by atoms with van der Waals surface area (Å²) >= 11 is -2.02. The van der Waals surface area contributed by atoms with Crippen LogP contribution in [0.15, 0.2) is 23.8 Å². The van der Waals surface area contributed by atoms with Crippen LogP contribution in [0.1, 0.15) is 20.3 Å². The molecule has 4 atom stereocenters. The van der Waals surface area contributed by atoms with Crippen LogP contribution in [0.5, 0.6) is 0 Å². The van der Waals surface area contributed by atoms with E-state index in [0.29, 0.717) is 0 Å². The normalized spacial score (nSPS) is 34.8. The maximum atomic E-state index is 10.8. The number of rotatable bonds is 5. The van der Waals surface area contributed by atoms with Crippen molar-refractivity contribution in [1.82, 2.24) is 0 Å². The molecule has 130 valence electrons. The van der Waals surface area contributed by atoms with Crippen LogP contribution in [-0.4, -0.2) is 24.7 Å². The Balaban J connectivity index is 2.12. The zero-order chi connectivity index (χ0) is 16.3. The number of alkyl halides is 3. The van der Waals surface area contributed by atoms with Crippen molar-refractivity contribution in [2.75, 3.05) is 6.86 Å². The van der Waals surface area contributed by atoms with Gasteiger partial charge in [0.2, 0.25) is 0 Å². The second-order valence-corrected chi connectivity index (χ2v) is 24.7. The molecule has 0 bridgehead atoms. The molecule has 2 unspecified atom stereocenters. The summed E-state index contributed by atoms with van der Waals surface area (Å²) in [5, 5.41) is 0. The van der Waals surface area contributed by atoms with Gasteiger partial charge in [0.05, 0.1) is 0 Å². The predicted octanol–water partition coefficient (Wildman–Crippen LogP) is -0.816. The van der Waals surface area contributed by atoms with Crippen molar-refractivity contribution in [3.8, 4) is 0 Å². The monoisotopic (exact) mass is 648 g/mol. The SMILES string of the molecule is C[C@@H]1C=C[C@H](C2CCI([I-]CI=O)O2)C(N)C(C(C)(N)N)=C1. The molecule has 8 heteroatoms. The van der Waals surface area contributed by atoms with Crippen LogP contribution in [0.3, 0.4) is 0 Å². The van der Waals surface area contributed by atoms with Crippen molar-refractivity contribution < 1.29 is 23.4 Å². The number of hydrogen-bond acceptors (Lipinski definition) is 5. The van der Waals surface area contributed by atoms with Gasteiger partial charge in [-0.2, -0.15) is 0 Å². The molecule has 1 saturated heterocycles. The molecule has 22 heavy (non-hydrogen) atoms. The number of halogens is 3. The molecule has 1 aliphatic heterocycles. The molecule has 1 fully saturated rings. The summed E-state index contributed by atoms with van der Waals surface area (Å²) < 4.78 is 19.4. The third kappa shape index (κ3) is 5.15. The second kappa shape index (κ2) is 8.61. The Bertz CT molecular complexity index is 465. The fourth-order valence-electron chi connectivity index (χ4n) is 2.77. The predicted molar refractivity (Wildman–Crippen MR) is 103 cm³/mol. The van der Waals surface area contributed by atoms with E-state index in [1.54, 1.807) is 0 Å². The van der Waals surface area contributed by atoms with Gasteiger partial charge in [-0.15, -0.1) is 0 Å². The van der Waals surface area contributed by atoms with Gasteiger partial charge in [0.1, 0.15) is 0 Å². The van der Waals surface area contributed by atoms with Crippen molar-refractivity contribution in [3.05, 3.63) is 23.8 Å². The molecule has 0 amide bonds. The van der Waals surface area contributed by atoms with E-state index in [1.165, 1.54) is 4.43 Å². The zero-order valence-corrected chi connectivity index (χ0v) is 19.3. The number of nitrogens with two attached hydrogens (primary N) is 3. The molecule has 0 saturated carbocycles. The first kappa shape index (κ1) is 19.6. The third-order valence-electron chi connectivity index (χ3n) is 3.85. The Hall–Kier alpha value is 1.31. The van der Waals surface area contributed by atoms with E-state index in [1.807, 2.05) is 6.92 Å². The van der Waals surface area contributed by atoms with E-state index in [2.05, 4.69) is 25.2 Å². The van der Waals surface area contributed by atoms with Gasteiger partial charge in [0.25, 0.3) is 0 Å². The van der Waals surface area contributed by atoms with Crippen molar-refractivity contribution in [2.45, 2.75) is 38.1 Å². The summed E-state index contributed by atoms with van der Waals surface area (Å²) in [6.07, 6.45) is 7.76. The average molecular weight is 648 g/mol. The topological polar surface area (TPSA) is 104 Å². The van der Waals surface area contributed by atoms with Crippen molar-refractivity contribution >= 4 is 37.5 Å². The number of allylic oxidation sites excluding steroid dienone is 2. The fourth-order valence-corrected chi connectivity index (χ4v) is 29.4. The average Bonchev–Trinajstić information content (AvgIpc) is 2.83. The van der Waals surface area contributed by atoms with E-state index in [9.17, 15) is 3.07 Å². The molecule has 2 aliphatic rings. The van der Waals surface area contributed by atoms with Crippen LogP contribution < -0.4 is 34.4 Å². The summed E-state index contributed by atoms with van der Waals surface area (Å²) in [6.45, 7) is 3.93. The summed E-state index contributed by atoms with van der Waals surface area (Å²) in [5.41, 5.74) is 18.8. The van der Waals surface area contributed by atoms with Crippen LogP contribution in [0, 0.1) is 11.8 Å². The van der Waals surface area contributed by atoms with Gasteiger partial charge in [0.15, 0.2) is 0 Å². The van der Waals surface area contributed by atoms with E-state index < -0.39 is 43.1 Å². The second-order valence-electron chi connectivity index (χ2n) is 5.94. The van der Waals surface area contributed by atoms with Crippen LogP contribution in [0.2, 0.25) is 0 Å². The van der Waals surface area contributed by atoms with E-state index in [4.69, 9.17) is 20.3 Å². The summed E-state index contributed by atoms with van der Waals surface area (Å²) in [6, 6.07) is -0.188. The first-order chi connectivity index (χ1) is 10.3. The van der Waals surface area contributed by atoms with Crippen molar-refractivity contribution in [1.29, 1.82) is 0 Å². The Kier molecular flexibility index (Phi) is 7.68. The summed E-state index contributed by atoms with van der Waals surface area (Å²) in [5.74, 6) is 0.432. The van der Waals surface area contributed by atoms with Crippen molar-refractivity contribution in [3.63, 3.8) is 0 Å². The Morgan fingerprint density at radius 2 is 2.23 bits per heavy atom. The molecule has 2 rings (SSSR count). The summed E-state index contributed by atoms with van der Waals surface area (Å²) in [4.78, 5) is 0. The molecule has 0 aromatic heterocycles. The molecule has 5 nitrogen and oxygen atoms in total. The molecule has 1 aliphatic carbocycles. The molecule has 1 heterocycles. The van der Waals surface area contributed by atoms with E-state index in [0.717, 1.165) is 14.4 Å². The van der Waals surface area contributed by atoms with Gasteiger partial charge in [-0.1, -0.05) is 0 Å². The van der Waals surface area contributed by atoms with Crippen molar-refractivity contribution in [2.24, 2.45) is 29.0 Å². The van der Waals surface area contributed by atoms with Gasteiger partial charge in [-0.3, -0.25) is 0 Å².